The first-order chi connectivity index (χ1) is 12.2. The SMILES string of the molecule is CC(C)(C)[Si](C)(C)O[C@@H]1CCCO[C@@H]1/C=C/C(=O)OCc1ccccc1. The number of benzene rings is 1. The summed E-state index contributed by atoms with van der Waals surface area (Å²) in [5.74, 6) is -0.353. The van der Waals surface area contributed by atoms with Crippen LogP contribution in [0.1, 0.15) is 39.2 Å². The third kappa shape index (κ3) is 6.08. The van der Waals surface area contributed by atoms with E-state index in [0.717, 1.165) is 18.4 Å². The van der Waals surface area contributed by atoms with Crippen LogP contribution < -0.4 is 0 Å². The largest absolute Gasteiger partial charge is 0.458 e. The summed E-state index contributed by atoms with van der Waals surface area (Å²) < 4.78 is 17.7. The Morgan fingerprint density at radius 3 is 2.62 bits per heavy atom. The van der Waals surface area contributed by atoms with E-state index in [4.69, 9.17) is 13.9 Å². The van der Waals surface area contributed by atoms with Crippen molar-refractivity contribution in [3.8, 4) is 0 Å². The second-order valence-corrected chi connectivity index (χ2v) is 13.1. The molecule has 1 aliphatic heterocycles. The average molecular weight is 377 g/mol. The average Bonchev–Trinajstić information content (AvgIpc) is 2.59. The van der Waals surface area contributed by atoms with Crippen LogP contribution in [0.25, 0.3) is 0 Å². The fraction of sp³-hybridized carbons (Fsp3) is 0.571. The Hall–Kier alpha value is -1.43. The Labute approximate surface area is 158 Å². The van der Waals surface area contributed by atoms with E-state index in [-0.39, 0.29) is 29.8 Å². The Bertz CT molecular complexity index is 604. The maximum absolute atomic E-state index is 12.0. The second-order valence-electron chi connectivity index (χ2n) is 8.35. The van der Waals surface area contributed by atoms with Crippen molar-refractivity contribution in [3.63, 3.8) is 0 Å². The summed E-state index contributed by atoms with van der Waals surface area (Å²) in [6.45, 7) is 12.2. The van der Waals surface area contributed by atoms with Gasteiger partial charge in [-0.15, -0.1) is 0 Å². The fourth-order valence-electron chi connectivity index (χ4n) is 2.59. The van der Waals surface area contributed by atoms with Gasteiger partial charge in [-0.25, -0.2) is 4.79 Å². The van der Waals surface area contributed by atoms with Crippen LogP contribution in [0.2, 0.25) is 18.1 Å². The number of ether oxygens (including phenoxy) is 2. The van der Waals surface area contributed by atoms with E-state index in [9.17, 15) is 4.79 Å². The van der Waals surface area contributed by atoms with Gasteiger partial charge in [0.1, 0.15) is 12.7 Å². The van der Waals surface area contributed by atoms with Gasteiger partial charge in [-0.2, -0.15) is 0 Å². The zero-order valence-electron chi connectivity index (χ0n) is 16.7. The molecule has 0 radical (unpaired) electrons. The first kappa shape index (κ1) is 20.9. The van der Waals surface area contributed by atoms with Crippen molar-refractivity contribution in [2.24, 2.45) is 0 Å². The lowest BCUT2D eigenvalue weighted by atomic mass is 10.1. The molecule has 1 fully saturated rings. The van der Waals surface area contributed by atoms with Crippen LogP contribution in [0, 0.1) is 0 Å². The number of carbonyl (C=O) groups excluding carboxylic acids is 1. The summed E-state index contributed by atoms with van der Waals surface area (Å²) in [4.78, 5) is 12.0. The Morgan fingerprint density at radius 2 is 1.96 bits per heavy atom. The van der Waals surface area contributed by atoms with E-state index in [1.54, 1.807) is 6.08 Å². The van der Waals surface area contributed by atoms with Gasteiger partial charge in [0.05, 0.1) is 6.10 Å². The van der Waals surface area contributed by atoms with Crippen LogP contribution >= 0.6 is 0 Å². The summed E-state index contributed by atoms with van der Waals surface area (Å²) in [7, 11) is -1.88. The Morgan fingerprint density at radius 1 is 1.27 bits per heavy atom. The van der Waals surface area contributed by atoms with Crippen molar-refractivity contribution in [2.45, 2.75) is 70.6 Å². The highest BCUT2D eigenvalue weighted by atomic mass is 28.4. The highest BCUT2D eigenvalue weighted by Crippen LogP contribution is 2.38. The molecule has 1 heterocycles. The minimum absolute atomic E-state index is 0.00261. The summed E-state index contributed by atoms with van der Waals surface area (Å²) in [6.07, 6.45) is 5.03. The van der Waals surface area contributed by atoms with Crippen molar-refractivity contribution < 1.29 is 18.7 Å². The molecule has 144 valence electrons. The highest BCUT2D eigenvalue weighted by Gasteiger charge is 2.41. The van der Waals surface area contributed by atoms with Crippen molar-refractivity contribution in [1.82, 2.24) is 0 Å². The maximum Gasteiger partial charge on any atom is 0.330 e. The molecule has 5 heteroatoms. The van der Waals surface area contributed by atoms with Gasteiger partial charge in [0.15, 0.2) is 8.32 Å². The summed E-state index contributed by atoms with van der Waals surface area (Å²) in [6, 6.07) is 9.66. The molecular weight excluding hydrogens is 344 g/mol. The van der Waals surface area contributed by atoms with Crippen LogP contribution in [0.15, 0.2) is 42.5 Å². The number of hydrogen-bond acceptors (Lipinski definition) is 4. The van der Waals surface area contributed by atoms with Gasteiger partial charge >= 0.3 is 5.97 Å². The molecule has 1 saturated heterocycles. The molecule has 4 nitrogen and oxygen atoms in total. The molecule has 0 spiro atoms. The predicted molar refractivity (Wildman–Crippen MR) is 106 cm³/mol. The lowest BCUT2D eigenvalue weighted by Gasteiger charge is -2.42. The lowest BCUT2D eigenvalue weighted by molar-refractivity contribution is -0.139. The maximum atomic E-state index is 12.0. The predicted octanol–water partition coefficient (Wildman–Crippen LogP) is 4.86. The zero-order chi connectivity index (χ0) is 19.2. The quantitative estimate of drug-likeness (QED) is 0.404. The van der Waals surface area contributed by atoms with Gasteiger partial charge in [0.2, 0.25) is 0 Å². The van der Waals surface area contributed by atoms with E-state index in [2.05, 4.69) is 33.9 Å². The van der Waals surface area contributed by atoms with Crippen LogP contribution in [-0.2, 0) is 25.3 Å². The summed E-state index contributed by atoms with van der Waals surface area (Å²) in [5, 5.41) is 0.146. The minimum Gasteiger partial charge on any atom is -0.458 e. The van der Waals surface area contributed by atoms with Crippen LogP contribution in [-0.4, -0.2) is 33.1 Å². The molecule has 0 N–H and O–H groups in total. The van der Waals surface area contributed by atoms with Gasteiger partial charge < -0.3 is 13.9 Å². The molecule has 26 heavy (non-hydrogen) atoms. The molecule has 0 aliphatic carbocycles. The summed E-state index contributed by atoms with van der Waals surface area (Å²) in [5.41, 5.74) is 0.974. The second kappa shape index (κ2) is 8.98. The van der Waals surface area contributed by atoms with Crippen LogP contribution in [0.3, 0.4) is 0 Å². The molecule has 0 saturated carbocycles. The highest BCUT2D eigenvalue weighted by molar-refractivity contribution is 6.74. The van der Waals surface area contributed by atoms with E-state index >= 15 is 0 Å². The normalized spacial score (nSPS) is 21.7. The van der Waals surface area contributed by atoms with E-state index in [0.29, 0.717) is 6.61 Å². The molecule has 0 amide bonds. The monoisotopic (exact) mass is 376 g/mol. The topological polar surface area (TPSA) is 44.8 Å². The molecule has 2 atom stereocenters. The van der Waals surface area contributed by atoms with Gasteiger partial charge in [-0.3, -0.25) is 0 Å². The fourth-order valence-corrected chi connectivity index (χ4v) is 3.95. The first-order valence-corrected chi connectivity index (χ1v) is 12.3. The zero-order valence-corrected chi connectivity index (χ0v) is 17.7. The van der Waals surface area contributed by atoms with Crippen molar-refractivity contribution >= 4 is 14.3 Å². The molecule has 1 aliphatic rings. The Balaban J connectivity index is 1.92. The number of esters is 1. The molecular formula is C21H32O4Si. The van der Waals surface area contributed by atoms with E-state index in [1.165, 1.54) is 6.08 Å². The van der Waals surface area contributed by atoms with Gasteiger partial charge in [-0.1, -0.05) is 51.1 Å². The van der Waals surface area contributed by atoms with Crippen LogP contribution in [0.5, 0.6) is 0 Å². The van der Waals surface area contributed by atoms with E-state index < -0.39 is 8.32 Å². The van der Waals surface area contributed by atoms with Gasteiger partial charge in [0, 0.05) is 12.7 Å². The first-order valence-electron chi connectivity index (χ1n) is 9.37. The van der Waals surface area contributed by atoms with Crippen LogP contribution in [0.4, 0.5) is 0 Å². The van der Waals surface area contributed by atoms with Crippen molar-refractivity contribution in [3.05, 3.63) is 48.0 Å². The summed E-state index contributed by atoms with van der Waals surface area (Å²) >= 11 is 0. The standard InChI is InChI=1S/C21H32O4Si/c1-21(2,3)26(4,5)25-19-12-9-15-23-18(19)13-14-20(22)24-16-17-10-7-6-8-11-17/h6-8,10-11,13-14,18-19H,9,12,15-16H2,1-5H3/b14-13+/t18-,19-/m1/s1. The van der Waals surface area contributed by atoms with E-state index in [1.807, 2.05) is 30.3 Å². The molecule has 0 aromatic heterocycles. The molecule has 2 rings (SSSR count). The molecule has 0 unspecified atom stereocenters. The number of carbonyl (C=O) groups is 1. The molecule has 1 aromatic carbocycles. The van der Waals surface area contributed by atoms with Crippen molar-refractivity contribution in [2.75, 3.05) is 6.61 Å². The minimum atomic E-state index is -1.88. The molecule has 1 aromatic rings. The number of rotatable bonds is 6. The van der Waals surface area contributed by atoms with Gasteiger partial charge in [-0.05, 0) is 42.6 Å². The number of hydrogen-bond donors (Lipinski definition) is 0. The van der Waals surface area contributed by atoms with Gasteiger partial charge in [0.25, 0.3) is 0 Å². The lowest BCUT2D eigenvalue weighted by Crippen LogP contribution is -2.48. The third-order valence-corrected chi connectivity index (χ3v) is 9.71. The third-order valence-electron chi connectivity index (χ3n) is 5.21. The molecule has 0 bridgehead atoms. The van der Waals surface area contributed by atoms with Crippen molar-refractivity contribution in [1.29, 1.82) is 0 Å². The Kier molecular flexibility index (Phi) is 7.21. The smallest absolute Gasteiger partial charge is 0.330 e.